The molecule has 3 saturated heterocycles. The van der Waals surface area contributed by atoms with Crippen LogP contribution in [0.3, 0.4) is 0 Å². The molecule has 9 nitrogen and oxygen atoms in total. The average Bonchev–Trinajstić information content (AvgIpc) is 3.45. The Labute approximate surface area is 261 Å². The summed E-state index contributed by atoms with van der Waals surface area (Å²) in [5.41, 5.74) is 2.09. The van der Waals surface area contributed by atoms with Crippen molar-refractivity contribution >= 4 is 32.9 Å². The zero-order valence-electron chi connectivity index (χ0n) is 26.3. The molecule has 3 aliphatic rings. The van der Waals surface area contributed by atoms with Gasteiger partial charge >= 0.3 is 0 Å². The Morgan fingerprint density at radius 2 is 1.57 bits per heavy atom. The fourth-order valence-electron chi connectivity index (χ4n) is 8.19. The van der Waals surface area contributed by atoms with E-state index in [9.17, 15) is 18.0 Å². The van der Waals surface area contributed by atoms with Crippen molar-refractivity contribution in [1.82, 2.24) is 24.1 Å². The number of nitrogens with zero attached hydrogens (tertiary/aromatic N) is 4. The first-order valence-electron chi connectivity index (χ1n) is 15.9. The predicted molar refractivity (Wildman–Crippen MR) is 172 cm³/mol. The van der Waals surface area contributed by atoms with Gasteiger partial charge < -0.3 is 9.47 Å². The number of likely N-dealkylation sites (tertiary alicyclic amines) is 1. The Morgan fingerprint density at radius 1 is 0.955 bits per heavy atom. The molecular formula is C34H45N5O4S. The maximum Gasteiger partial charge on any atom is 0.248 e. The Balaban J connectivity index is 1.15. The maximum atomic E-state index is 13.5. The van der Waals surface area contributed by atoms with Gasteiger partial charge in [0.25, 0.3) is 0 Å². The van der Waals surface area contributed by atoms with Crippen LogP contribution in [0.4, 0.5) is 0 Å². The molecule has 0 aliphatic carbocycles. The monoisotopic (exact) mass is 619 g/mol. The Morgan fingerprint density at radius 3 is 2.20 bits per heavy atom. The molecule has 1 N–H and O–H groups in total. The molecule has 10 heteroatoms. The highest BCUT2D eigenvalue weighted by molar-refractivity contribution is 7.89. The number of benzene rings is 2. The van der Waals surface area contributed by atoms with Gasteiger partial charge in [-0.2, -0.15) is 0 Å². The molecular weight excluding hydrogens is 574 g/mol. The standard InChI is InChI=1S/C34H45N5O4S/c1-24-35-29-12-8-9-13-30(29)39(24)28-22-26-14-15-27(23-28)38(26)21-18-34(25-10-6-5-7-11-25)16-19-37(20-17-34)32(41)33(2,3)31(40)36-44(4,42)43/h5-13,26-28H,14-23H2,1-4H3,(H,36,40)/t26-,27+,28?. The van der Waals surface area contributed by atoms with Gasteiger partial charge in [0.1, 0.15) is 11.2 Å². The number of aromatic nitrogens is 2. The van der Waals surface area contributed by atoms with Crippen LogP contribution in [-0.2, 0) is 25.0 Å². The molecule has 1 aromatic heterocycles. The molecule has 0 saturated carbocycles. The Kier molecular flexibility index (Phi) is 8.11. The molecule has 3 aliphatic heterocycles. The predicted octanol–water partition coefficient (Wildman–Crippen LogP) is 4.57. The molecule has 4 heterocycles. The summed E-state index contributed by atoms with van der Waals surface area (Å²) in [5.74, 6) is -0.0178. The highest BCUT2D eigenvalue weighted by Gasteiger charge is 2.46. The van der Waals surface area contributed by atoms with Gasteiger partial charge in [0.2, 0.25) is 21.8 Å². The van der Waals surface area contributed by atoms with Crippen LogP contribution in [0, 0.1) is 12.3 Å². The molecule has 0 radical (unpaired) electrons. The van der Waals surface area contributed by atoms with Gasteiger partial charge in [0.15, 0.2) is 0 Å². The number of carbonyl (C=O) groups excluding carboxylic acids is 2. The normalized spacial score (nSPS) is 24.0. The van der Waals surface area contributed by atoms with Crippen molar-refractivity contribution in [3.05, 3.63) is 66.0 Å². The largest absolute Gasteiger partial charge is 0.342 e. The Bertz CT molecular complexity index is 1630. The quantitative estimate of drug-likeness (QED) is 0.371. The van der Waals surface area contributed by atoms with Crippen LogP contribution in [0.25, 0.3) is 11.0 Å². The smallest absolute Gasteiger partial charge is 0.248 e. The zero-order chi connectivity index (χ0) is 31.3. The molecule has 3 aromatic rings. The molecule has 44 heavy (non-hydrogen) atoms. The lowest BCUT2D eigenvalue weighted by molar-refractivity contribution is -0.149. The molecule has 2 aromatic carbocycles. The summed E-state index contributed by atoms with van der Waals surface area (Å²) in [4.78, 5) is 35.5. The SMILES string of the molecule is Cc1nc2ccccc2n1C1C[C@H]2CC[C@@H](C1)N2CCC1(c2ccccc2)CCN(C(=O)C(C)(C)C(=O)NS(C)(=O)=O)CC1. The van der Waals surface area contributed by atoms with Crippen molar-refractivity contribution in [2.75, 3.05) is 25.9 Å². The molecule has 6 rings (SSSR count). The van der Waals surface area contributed by atoms with E-state index in [2.05, 4.69) is 64.9 Å². The number of piperidine rings is 2. The second-order valence-electron chi connectivity index (χ2n) is 13.8. The van der Waals surface area contributed by atoms with Gasteiger partial charge in [-0.05, 0) is 95.4 Å². The molecule has 3 fully saturated rings. The fraction of sp³-hybridized carbons (Fsp3) is 0.559. The van der Waals surface area contributed by atoms with Crippen molar-refractivity contribution < 1.29 is 18.0 Å². The van der Waals surface area contributed by atoms with Gasteiger partial charge in [0.05, 0.1) is 17.3 Å². The molecule has 0 spiro atoms. The minimum atomic E-state index is -3.76. The number of aryl methyl sites for hydroxylation is 1. The first-order chi connectivity index (χ1) is 20.9. The number of hydrogen-bond donors (Lipinski definition) is 1. The van der Waals surface area contributed by atoms with Crippen LogP contribution >= 0.6 is 0 Å². The summed E-state index contributed by atoms with van der Waals surface area (Å²) < 4.78 is 27.8. The van der Waals surface area contributed by atoms with Crippen molar-refractivity contribution in [3.8, 4) is 0 Å². The second kappa shape index (κ2) is 11.6. The summed E-state index contributed by atoms with van der Waals surface area (Å²) in [6.45, 7) is 7.23. The number of fused-ring (bicyclic) bond motifs is 3. The number of rotatable bonds is 8. The van der Waals surface area contributed by atoms with Crippen LogP contribution < -0.4 is 4.72 Å². The van der Waals surface area contributed by atoms with Crippen LogP contribution in [0.2, 0.25) is 0 Å². The van der Waals surface area contributed by atoms with E-state index < -0.39 is 21.3 Å². The van der Waals surface area contributed by atoms with E-state index in [1.807, 2.05) is 10.8 Å². The Hall–Kier alpha value is -3.24. The van der Waals surface area contributed by atoms with Gasteiger partial charge in [-0.1, -0.05) is 42.5 Å². The number of amides is 2. The highest BCUT2D eigenvalue weighted by atomic mass is 32.2. The van der Waals surface area contributed by atoms with Crippen LogP contribution in [0.5, 0.6) is 0 Å². The average molecular weight is 620 g/mol. The summed E-state index contributed by atoms with van der Waals surface area (Å²) in [6.07, 6.45) is 8.30. The topological polar surface area (TPSA) is 105 Å². The van der Waals surface area contributed by atoms with E-state index in [1.54, 1.807) is 4.90 Å². The van der Waals surface area contributed by atoms with Crippen LogP contribution in [-0.4, -0.2) is 77.6 Å². The van der Waals surface area contributed by atoms with Gasteiger partial charge in [-0.3, -0.25) is 19.2 Å². The highest BCUT2D eigenvalue weighted by Crippen LogP contribution is 2.45. The fourth-order valence-corrected chi connectivity index (χ4v) is 8.78. The lowest BCUT2D eigenvalue weighted by Crippen LogP contribution is -2.54. The molecule has 1 unspecified atom stereocenters. The van der Waals surface area contributed by atoms with E-state index in [0.717, 1.165) is 56.2 Å². The number of para-hydroxylation sites is 2. The van der Waals surface area contributed by atoms with Gasteiger partial charge in [-0.15, -0.1) is 0 Å². The number of carbonyl (C=O) groups is 2. The summed E-state index contributed by atoms with van der Waals surface area (Å²) >= 11 is 0. The van der Waals surface area contributed by atoms with E-state index in [0.29, 0.717) is 31.2 Å². The van der Waals surface area contributed by atoms with Crippen molar-refractivity contribution in [2.45, 2.75) is 89.3 Å². The van der Waals surface area contributed by atoms with E-state index in [-0.39, 0.29) is 11.3 Å². The molecule has 3 atom stereocenters. The number of hydrogen-bond acceptors (Lipinski definition) is 6. The third-order valence-electron chi connectivity index (χ3n) is 10.6. The summed E-state index contributed by atoms with van der Waals surface area (Å²) in [6, 6.07) is 20.7. The maximum absolute atomic E-state index is 13.5. The third kappa shape index (κ3) is 5.78. The molecule has 2 bridgehead atoms. The van der Waals surface area contributed by atoms with Crippen LogP contribution in [0.15, 0.2) is 54.6 Å². The van der Waals surface area contributed by atoms with Crippen molar-refractivity contribution in [3.63, 3.8) is 0 Å². The van der Waals surface area contributed by atoms with Gasteiger partial charge in [0, 0.05) is 31.2 Å². The van der Waals surface area contributed by atoms with Crippen molar-refractivity contribution in [1.29, 1.82) is 0 Å². The van der Waals surface area contributed by atoms with Crippen molar-refractivity contribution in [2.24, 2.45) is 5.41 Å². The molecule has 236 valence electrons. The first kappa shape index (κ1) is 30.8. The minimum Gasteiger partial charge on any atom is -0.342 e. The second-order valence-corrected chi connectivity index (χ2v) is 15.5. The zero-order valence-corrected chi connectivity index (χ0v) is 27.1. The van der Waals surface area contributed by atoms with E-state index >= 15 is 0 Å². The molecule has 2 amide bonds. The minimum absolute atomic E-state index is 0.0649. The summed E-state index contributed by atoms with van der Waals surface area (Å²) in [5, 5.41) is 0. The van der Waals surface area contributed by atoms with E-state index in [4.69, 9.17) is 4.98 Å². The number of imidazole rings is 1. The number of nitrogens with one attached hydrogen (secondary N) is 1. The van der Waals surface area contributed by atoms with Gasteiger partial charge in [-0.25, -0.2) is 13.4 Å². The first-order valence-corrected chi connectivity index (χ1v) is 17.8. The van der Waals surface area contributed by atoms with Crippen LogP contribution in [0.1, 0.15) is 76.2 Å². The lowest BCUT2D eigenvalue weighted by atomic mass is 9.70. The summed E-state index contributed by atoms with van der Waals surface area (Å²) in [7, 11) is -3.76. The third-order valence-corrected chi connectivity index (χ3v) is 11.2. The lowest BCUT2D eigenvalue weighted by Gasteiger charge is -2.46. The van der Waals surface area contributed by atoms with E-state index in [1.165, 1.54) is 37.8 Å². The number of sulfonamides is 1.